The third-order valence-electron chi connectivity index (χ3n) is 0.882. The maximum absolute atomic E-state index is 10.2. The molecule has 0 fully saturated rings. The summed E-state index contributed by atoms with van der Waals surface area (Å²) in [4.78, 5) is 10.2. The minimum absolute atomic E-state index is 0.307. The van der Waals surface area contributed by atoms with E-state index in [1.165, 1.54) is 0 Å². The second-order valence-corrected chi connectivity index (χ2v) is 2.21. The van der Waals surface area contributed by atoms with Crippen molar-refractivity contribution in [2.45, 2.75) is 40.0 Å². The molecule has 10 heavy (non-hydrogen) atoms. The molecule has 0 saturated heterocycles. The summed E-state index contributed by atoms with van der Waals surface area (Å²) in [5.74, 6) is 0.307. The van der Waals surface area contributed by atoms with Crippen molar-refractivity contribution >= 4 is 5.78 Å². The average Bonchev–Trinajstić information content (AvgIpc) is 1.85. The van der Waals surface area contributed by atoms with Gasteiger partial charge in [0.2, 0.25) is 0 Å². The normalized spacial score (nSPS) is 7.50. The van der Waals surface area contributed by atoms with Gasteiger partial charge in [-0.3, -0.25) is 0 Å². The molecule has 0 aliphatic rings. The van der Waals surface area contributed by atoms with Gasteiger partial charge in [0.25, 0.3) is 0 Å². The first-order chi connectivity index (χ1) is 4.68. The van der Waals surface area contributed by atoms with Crippen molar-refractivity contribution in [1.29, 1.82) is 0 Å². The van der Waals surface area contributed by atoms with Gasteiger partial charge in [-0.2, -0.15) is 0 Å². The van der Waals surface area contributed by atoms with E-state index in [0.29, 0.717) is 5.78 Å². The van der Waals surface area contributed by atoms with Crippen LogP contribution in [0.2, 0.25) is 0 Å². The van der Waals surface area contributed by atoms with Gasteiger partial charge in [0, 0.05) is 6.42 Å². The number of Topliss-reactive ketones (excluding diaryl/α,β-unsaturated/α-hetero) is 1. The lowest BCUT2D eigenvalue weighted by molar-refractivity contribution is -0.117. The molecule has 0 aliphatic carbocycles. The van der Waals surface area contributed by atoms with Gasteiger partial charge in [-0.15, -0.1) is 6.58 Å². The number of allylic oxidation sites excluding steroid dienone is 1. The molecule has 0 aliphatic heterocycles. The van der Waals surface area contributed by atoms with Crippen LogP contribution < -0.4 is 0 Å². The summed E-state index contributed by atoms with van der Waals surface area (Å²) in [6.45, 7) is 8.97. The fourth-order valence-corrected chi connectivity index (χ4v) is 0.426. The van der Waals surface area contributed by atoms with E-state index in [2.05, 4.69) is 13.5 Å². The second-order valence-electron chi connectivity index (χ2n) is 2.21. The van der Waals surface area contributed by atoms with E-state index < -0.39 is 0 Å². The van der Waals surface area contributed by atoms with Crippen LogP contribution in [0.4, 0.5) is 0 Å². The molecule has 0 aromatic heterocycles. The highest BCUT2D eigenvalue weighted by Gasteiger charge is 1.87. The zero-order valence-corrected chi connectivity index (χ0v) is 7.31. The largest absolute Gasteiger partial charge is 0.300 e. The van der Waals surface area contributed by atoms with Crippen LogP contribution in [0.5, 0.6) is 0 Å². The van der Waals surface area contributed by atoms with Crippen LogP contribution in [0.25, 0.3) is 0 Å². The maximum Gasteiger partial charge on any atom is 0.129 e. The van der Waals surface area contributed by atoms with Crippen LogP contribution in [-0.2, 0) is 4.79 Å². The van der Waals surface area contributed by atoms with Crippen LogP contribution in [0.3, 0.4) is 0 Å². The van der Waals surface area contributed by atoms with E-state index in [-0.39, 0.29) is 0 Å². The van der Waals surface area contributed by atoms with E-state index in [1.54, 1.807) is 13.0 Å². The van der Waals surface area contributed by atoms with Gasteiger partial charge in [-0.1, -0.05) is 19.4 Å². The molecule has 1 heteroatoms. The molecule has 60 valence electrons. The highest BCUT2D eigenvalue weighted by Crippen LogP contribution is 1.92. The van der Waals surface area contributed by atoms with Gasteiger partial charge in [-0.05, 0) is 20.3 Å². The monoisotopic (exact) mass is 142 g/mol. The first kappa shape index (κ1) is 12.1. The van der Waals surface area contributed by atoms with E-state index in [0.717, 1.165) is 19.3 Å². The molecule has 0 heterocycles. The minimum atomic E-state index is 0.307. The quantitative estimate of drug-likeness (QED) is 0.554. The van der Waals surface area contributed by atoms with Crippen LogP contribution in [0.15, 0.2) is 12.7 Å². The Bertz CT molecular complexity index is 84.7. The number of hydrogen-bond donors (Lipinski definition) is 0. The summed E-state index contributed by atoms with van der Waals surface area (Å²) in [5.41, 5.74) is 0. The number of carbonyl (C=O) groups excluding carboxylic acids is 1. The SMILES string of the molecule is C=CC.CCCCC(C)=O. The second kappa shape index (κ2) is 11.2. The Kier molecular flexibility index (Phi) is 13.6. The summed E-state index contributed by atoms with van der Waals surface area (Å²) in [7, 11) is 0. The molecule has 0 bridgehead atoms. The summed E-state index contributed by atoms with van der Waals surface area (Å²) in [6.07, 6.45) is 4.69. The molecule has 1 nitrogen and oxygen atoms in total. The Morgan fingerprint density at radius 2 is 2.00 bits per heavy atom. The summed E-state index contributed by atoms with van der Waals surface area (Å²) < 4.78 is 0. The van der Waals surface area contributed by atoms with Crippen molar-refractivity contribution in [3.05, 3.63) is 12.7 Å². The van der Waals surface area contributed by atoms with Crippen molar-refractivity contribution in [3.63, 3.8) is 0 Å². The average molecular weight is 142 g/mol. The van der Waals surface area contributed by atoms with E-state index in [1.807, 2.05) is 6.92 Å². The number of ketones is 1. The molecule has 0 saturated carbocycles. The van der Waals surface area contributed by atoms with Crippen molar-refractivity contribution < 1.29 is 4.79 Å². The van der Waals surface area contributed by atoms with Gasteiger partial charge < -0.3 is 4.79 Å². The lowest BCUT2D eigenvalue weighted by Gasteiger charge is -1.86. The van der Waals surface area contributed by atoms with Gasteiger partial charge in [0.15, 0.2) is 0 Å². The molecule has 0 unspecified atom stereocenters. The molecule has 0 amide bonds. The molecule has 0 N–H and O–H groups in total. The third-order valence-corrected chi connectivity index (χ3v) is 0.882. The van der Waals surface area contributed by atoms with Gasteiger partial charge in [0.1, 0.15) is 5.78 Å². The smallest absolute Gasteiger partial charge is 0.129 e. The predicted octanol–water partition coefficient (Wildman–Crippen LogP) is 2.96. The fraction of sp³-hybridized carbons (Fsp3) is 0.667. The molecule has 0 spiro atoms. The molecular weight excluding hydrogens is 124 g/mol. The van der Waals surface area contributed by atoms with Crippen molar-refractivity contribution in [1.82, 2.24) is 0 Å². The standard InChI is InChI=1S/C6H12O.C3H6/c1-3-4-5-6(2)7;1-3-2/h3-5H2,1-2H3;3H,1H2,2H3. The zero-order chi connectivity index (χ0) is 8.41. The topological polar surface area (TPSA) is 17.1 Å². The van der Waals surface area contributed by atoms with E-state index >= 15 is 0 Å². The number of hydrogen-bond acceptors (Lipinski definition) is 1. The Labute approximate surface area is 64.1 Å². The Hall–Kier alpha value is -0.590. The third kappa shape index (κ3) is 26.2. The molecule has 0 atom stereocenters. The van der Waals surface area contributed by atoms with Gasteiger partial charge in [-0.25, -0.2) is 0 Å². The predicted molar refractivity (Wildman–Crippen MR) is 46.1 cm³/mol. The molecule has 0 radical (unpaired) electrons. The van der Waals surface area contributed by atoms with Gasteiger partial charge in [0.05, 0.1) is 0 Å². The first-order valence-corrected chi connectivity index (χ1v) is 3.75. The van der Waals surface area contributed by atoms with Crippen molar-refractivity contribution in [2.75, 3.05) is 0 Å². The van der Waals surface area contributed by atoms with Crippen molar-refractivity contribution in [3.8, 4) is 0 Å². The zero-order valence-electron chi connectivity index (χ0n) is 7.31. The van der Waals surface area contributed by atoms with Crippen LogP contribution in [0, 0.1) is 0 Å². The first-order valence-electron chi connectivity index (χ1n) is 3.75. The van der Waals surface area contributed by atoms with Crippen LogP contribution in [-0.4, -0.2) is 5.78 Å². The Balaban J connectivity index is 0. The summed E-state index contributed by atoms with van der Waals surface area (Å²) >= 11 is 0. The summed E-state index contributed by atoms with van der Waals surface area (Å²) in [5, 5.41) is 0. The van der Waals surface area contributed by atoms with Crippen LogP contribution in [0.1, 0.15) is 40.0 Å². The van der Waals surface area contributed by atoms with Gasteiger partial charge >= 0.3 is 0 Å². The Morgan fingerprint density at radius 3 is 2.10 bits per heavy atom. The lowest BCUT2D eigenvalue weighted by atomic mass is 10.2. The fourth-order valence-electron chi connectivity index (χ4n) is 0.426. The lowest BCUT2D eigenvalue weighted by Crippen LogP contribution is -1.86. The number of unbranched alkanes of at least 4 members (excludes halogenated alkanes) is 1. The highest BCUT2D eigenvalue weighted by molar-refractivity contribution is 5.75. The number of carbonyl (C=O) groups is 1. The molecule has 0 aromatic rings. The highest BCUT2D eigenvalue weighted by atomic mass is 16.1. The summed E-state index contributed by atoms with van der Waals surface area (Å²) in [6, 6.07) is 0. The maximum atomic E-state index is 10.2. The van der Waals surface area contributed by atoms with Crippen LogP contribution >= 0.6 is 0 Å². The molecular formula is C9H18O. The molecule has 0 rings (SSSR count). The van der Waals surface area contributed by atoms with E-state index in [9.17, 15) is 4.79 Å². The minimum Gasteiger partial charge on any atom is -0.300 e. The van der Waals surface area contributed by atoms with E-state index in [4.69, 9.17) is 0 Å². The van der Waals surface area contributed by atoms with Crippen molar-refractivity contribution in [2.24, 2.45) is 0 Å². The Morgan fingerprint density at radius 1 is 1.60 bits per heavy atom. The number of rotatable bonds is 3. The molecule has 0 aromatic carbocycles.